The molecular weight excluding hydrogens is 1630 g/mol. The van der Waals surface area contributed by atoms with Crippen LogP contribution in [0.15, 0.2) is 158 Å². The summed E-state index contributed by atoms with van der Waals surface area (Å²) in [4.78, 5) is 59.2. The first-order valence-electron chi connectivity index (χ1n) is 51.8. The molecule has 18 heteroatoms. The number of phosphoric ester groups is 2. The molecule has 0 saturated carbocycles. The van der Waals surface area contributed by atoms with Crippen LogP contribution in [0.3, 0.4) is 0 Å². The van der Waals surface area contributed by atoms with Gasteiger partial charge in [0.05, 0.1) is 26.4 Å². The number of allylic oxidation sites excluding steroid dienone is 26. The first-order chi connectivity index (χ1) is 62.2. The van der Waals surface area contributed by atoms with E-state index >= 15 is 0 Å². The van der Waals surface area contributed by atoms with E-state index in [0.717, 1.165) is 141 Å². The van der Waals surface area contributed by atoms with Crippen LogP contribution in [0.2, 0.25) is 0 Å². The molecular formula is C109H190O16P2. The van der Waals surface area contributed by atoms with E-state index < -0.39 is 91.5 Å². The normalized spacial score (nSPS) is 14.3. The molecule has 0 rings (SSSR count). The molecule has 0 amide bonds. The van der Waals surface area contributed by atoms with Crippen molar-refractivity contribution in [1.29, 1.82) is 0 Å². The Labute approximate surface area is 778 Å². The Morgan fingerprint density at radius 3 is 0.661 bits per heavy atom. The third-order valence-electron chi connectivity index (χ3n) is 22.2. The number of carbonyl (C=O) groups excluding carboxylic acids is 3. The fourth-order valence-electron chi connectivity index (χ4n) is 14.4. The van der Waals surface area contributed by atoms with Crippen LogP contribution in [-0.4, -0.2) is 95.9 Å². The van der Waals surface area contributed by atoms with Crippen molar-refractivity contribution in [3.63, 3.8) is 0 Å². The van der Waals surface area contributed by atoms with Crippen molar-refractivity contribution in [2.45, 2.75) is 476 Å². The van der Waals surface area contributed by atoms with Crippen molar-refractivity contribution in [1.82, 2.24) is 0 Å². The number of ether oxygens (including phenoxy) is 3. The molecule has 0 fully saturated rings. The third-order valence-corrected chi connectivity index (χ3v) is 24.1. The second-order valence-electron chi connectivity index (χ2n) is 34.6. The first-order valence-corrected chi connectivity index (χ1v) is 54.8. The highest BCUT2D eigenvalue weighted by Gasteiger charge is 2.30. The molecule has 5 unspecified atom stereocenters. The lowest BCUT2D eigenvalue weighted by molar-refractivity contribution is -0.161. The molecule has 127 heavy (non-hydrogen) atoms. The SMILES string of the molecule is CC/C=C\C/C=C\C/C=C\C/C=C\C/C=C\CCCCCCCCCCCC(=O)OC(COC(=O)CCCCCCCCCCCCCCCCC/C=C\C/C=C\C/C=C\C/C=C\CCCCC)COP(=O)(O)OCC(O)COP(=O)(O)OCC(O)COC(=O)CCCCCCCCCCCCCCCCCCCCC/C=C\C/C=C\C/C=C\C/C=C\CCCCC. The quantitative estimate of drug-likeness (QED) is 0.0146. The zero-order valence-corrected chi connectivity index (χ0v) is 82.9. The summed E-state index contributed by atoms with van der Waals surface area (Å²) in [5.41, 5.74) is 0. The number of rotatable bonds is 98. The first kappa shape index (κ1) is 122. The maximum atomic E-state index is 13.1. The van der Waals surface area contributed by atoms with E-state index in [9.17, 15) is 43.5 Å². The maximum Gasteiger partial charge on any atom is 0.472 e. The number of aliphatic hydroxyl groups is 2. The Balaban J connectivity index is 4.56. The molecule has 0 aromatic carbocycles. The lowest BCUT2D eigenvalue weighted by Gasteiger charge is -2.21. The lowest BCUT2D eigenvalue weighted by atomic mass is 10.0. The number of carbonyl (C=O) groups is 3. The van der Waals surface area contributed by atoms with E-state index in [2.05, 4.69) is 179 Å². The van der Waals surface area contributed by atoms with Gasteiger partial charge in [0.15, 0.2) is 6.10 Å². The van der Waals surface area contributed by atoms with Gasteiger partial charge in [-0.2, -0.15) is 0 Å². The molecule has 0 aromatic heterocycles. The summed E-state index contributed by atoms with van der Waals surface area (Å²) in [5, 5.41) is 20.8. The summed E-state index contributed by atoms with van der Waals surface area (Å²) in [6, 6.07) is 0. The number of phosphoric acid groups is 2. The van der Waals surface area contributed by atoms with Crippen LogP contribution in [0.5, 0.6) is 0 Å². The van der Waals surface area contributed by atoms with Crippen molar-refractivity contribution >= 4 is 33.6 Å². The second kappa shape index (κ2) is 100. The molecule has 0 spiro atoms. The van der Waals surface area contributed by atoms with Crippen LogP contribution in [0.25, 0.3) is 0 Å². The standard InChI is InChI=1S/C109H190O16P2/c1-4-7-10-13-16-19-22-25-28-31-34-37-40-43-45-47-49-50-51-52-54-56-57-60-62-65-68-71-74-77-80-83-86-89-92-95-107(112)119-98-104(110)99-121-126(115,116)122-100-105(111)101-123-127(117,118)124-103-106(125-109(114)97-94-91-88-85-82-79-76-73-70-67-64-59-42-39-36-33-30-27-24-21-18-15-12-9-6-3)102-120-108(113)96-93-90-87-84-81-78-75-72-69-66-63-61-58-55-53-48-46-44-41-38-35-32-29-26-23-20-17-14-11-8-5-2/h9,12,16-21,25-30,34-39,43-46,59,64,104-106,110-111H,4-8,10-11,13-15,22-24,31-33,40-42,47-58,60-63,65-103H2,1-3H3,(H,115,116)(H,117,118)/b12-9-,19-16-,20-17-,21-18-,28-25-,29-26-,30-27-,37-34-,38-35-,39-36-,45-43-,46-44-,64-59-. The van der Waals surface area contributed by atoms with Crippen LogP contribution in [0.1, 0.15) is 457 Å². The molecule has 0 aliphatic heterocycles. The zero-order chi connectivity index (χ0) is 92.1. The summed E-state index contributed by atoms with van der Waals surface area (Å²) in [6.07, 6.45) is 130. The Hall–Kier alpha value is -4.83. The highest BCUT2D eigenvalue weighted by atomic mass is 31.2. The van der Waals surface area contributed by atoms with E-state index in [0.29, 0.717) is 19.3 Å². The van der Waals surface area contributed by atoms with Gasteiger partial charge < -0.3 is 34.2 Å². The predicted octanol–water partition coefficient (Wildman–Crippen LogP) is 32.8. The van der Waals surface area contributed by atoms with E-state index in [1.54, 1.807) is 0 Å². The monoisotopic (exact) mass is 1820 g/mol. The van der Waals surface area contributed by atoms with Gasteiger partial charge in [0, 0.05) is 19.3 Å². The van der Waals surface area contributed by atoms with Gasteiger partial charge >= 0.3 is 33.6 Å². The number of esters is 3. The van der Waals surface area contributed by atoms with E-state index in [-0.39, 0.29) is 19.3 Å². The summed E-state index contributed by atoms with van der Waals surface area (Å²) in [7, 11) is -9.82. The van der Waals surface area contributed by atoms with Crippen LogP contribution in [-0.2, 0) is 55.8 Å². The number of hydrogen-bond acceptors (Lipinski definition) is 14. The van der Waals surface area contributed by atoms with Gasteiger partial charge in [-0.3, -0.25) is 32.5 Å². The highest BCUT2D eigenvalue weighted by molar-refractivity contribution is 7.47. The molecule has 0 aliphatic carbocycles. The van der Waals surface area contributed by atoms with Gasteiger partial charge in [-0.05, 0) is 154 Å². The topological polar surface area (TPSA) is 231 Å². The van der Waals surface area contributed by atoms with Crippen molar-refractivity contribution in [2.75, 3.05) is 39.6 Å². The maximum absolute atomic E-state index is 13.1. The molecule has 732 valence electrons. The van der Waals surface area contributed by atoms with Gasteiger partial charge in [-0.1, -0.05) is 442 Å². The van der Waals surface area contributed by atoms with Crippen molar-refractivity contribution < 1.29 is 75.8 Å². The molecule has 0 bridgehead atoms. The van der Waals surface area contributed by atoms with E-state index in [4.69, 9.17) is 32.3 Å². The summed E-state index contributed by atoms with van der Waals surface area (Å²) in [5.74, 6) is -1.56. The van der Waals surface area contributed by atoms with Crippen LogP contribution in [0, 0.1) is 0 Å². The Kier molecular flexibility index (Phi) is 96.4. The Morgan fingerprint density at radius 2 is 0.417 bits per heavy atom. The van der Waals surface area contributed by atoms with Crippen LogP contribution < -0.4 is 0 Å². The fraction of sp³-hybridized carbons (Fsp3) is 0.734. The van der Waals surface area contributed by atoms with E-state index in [1.807, 2.05) is 0 Å². The summed E-state index contributed by atoms with van der Waals surface area (Å²) in [6.45, 7) is 2.59. The van der Waals surface area contributed by atoms with Gasteiger partial charge in [0.25, 0.3) is 0 Å². The van der Waals surface area contributed by atoms with Gasteiger partial charge in [0.1, 0.15) is 25.4 Å². The predicted molar refractivity (Wildman–Crippen MR) is 537 cm³/mol. The Bertz CT molecular complexity index is 2940. The average Bonchev–Trinajstić information content (AvgIpc) is 0.957. The Morgan fingerprint density at radius 1 is 0.228 bits per heavy atom. The van der Waals surface area contributed by atoms with Gasteiger partial charge in [-0.15, -0.1) is 0 Å². The minimum Gasteiger partial charge on any atom is -0.463 e. The van der Waals surface area contributed by atoms with Crippen molar-refractivity contribution in [3.8, 4) is 0 Å². The molecule has 0 radical (unpaired) electrons. The molecule has 0 aliphatic rings. The minimum absolute atomic E-state index is 0.0947. The lowest BCUT2D eigenvalue weighted by Crippen LogP contribution is -2.30. The molecule has 0 saturated heterocycles. The van der Waals surface area contributed by atoms with Crippen LogP contribution >= 0.6 is 15.6 Å². The fourth-order valence-corrected chi connectivity index (χ4v) is 16.0. The molecule has 0 aromatic rings. The second-order valence-corrected chi connectivity index (χ2v) is 37.5. The highest BCUT2D eigenvalue weighted by Crippen LogP contribution is 2.45. The average molecular weight is 1820 g/mol. The third kappa shape index (κ3) is 102. The summed E-state index contributed by atoms with van der Waals surface area (Å²) >= 11 is 0. The molecule has 4 N–H and O–H groups in total. The number of aliphatic hydroxyl groups excluding tert-OH is 2. The number of unbranched alkanes of at least 4 members (excludes halogenated alkanes) is 49. The minimum atomic E-state index is -4.95. The van der Waals surface area contributed by atoms with Crippen molar-refractivity contribution in [2.24, 2.45) is 0 Å². The van der Waals surface area contributed by atoms with Crippen LogP contribution in [0.4, 0.5) is 0 Å². The van der Waals surface area contributed by atoms with Gasteiger partial charge in [0.2, 0.25) is 0 Å². The van der Waals surface area contributed by atoms with Gasteiger partial charge in [-0.25, -0.2) is 9.13 Å². The molecule has 5 atom stereocenters. The molecule has 16 nitrogen and oxygen atoms in total. The summed E-state index contributed by atoms with van der Waals surface area (Å²) < 4.78 is 61.7. The molecule has 0 heterocycles. The number of hydrogen-bond donors (Lipinski definition) is 4. The smallest absolute Gasteiger partial charge is 0.463 e. The van der Waals surface area contributed by atoms with E-state index in [1.165, 1.54) is 257 Å². The zero-order valence-electron chi connectivity index (χ0n) is 81.2. The van der Waals surface area contributed by atoms with Crippen molar-refractivity contribution in [3.05, 3.63) is 158 Å². The largest absolute Gasteiger partial charge is 0.472 e.